The number of amides is 2. The van der Waals surface area contributed by atoms with Crippen LogP contribution in [0.3, 0.4) is 0 Å². The van der Waals surface area contributed by atoms with Crippen molar-refractivity contribution in [3.05, 3.63) is 76.6 Å². The van der Waals surface area contributed by atoms with E-state index in [1.54, 1.807) is 25.0 Å². The number of nitrogens with one attached hydrogen (secondary N) is 1. The molecule has 8 nitrogen and oxygen atoms in total. The molecule has 34 heavy (non-hydrogen) atoms. The number of hydrogen-bond donors (Lipinski definition) is 1. The fraction of sp³-hybridized carbons (Fsp3) is 0.346. The standard InChI is InChI=1S/C26H30N4O4/c1-18-6-4-7-20(14-18)17-29-12-5-13-30-22(26(29)32)16-21(28-30)25(31)27-11-10-19-8-9-23(33-2)24(15-19)34-3/h4,6-9,14-16H,5,10-13,17H2,1-3H3,(H,27,31). The number of ether oxygens (including phenoxy) is 2. The minimum atomic E-state index is -0.293. The Hall–Kier alpha value is -3.81. The van der Waals surface area contributed by atoms with Gasteiger partial charge in [-0.15, -0.1) is 0 Å². The molecule has 8 heteroatoms. The van der Waals surface area contributed by atoms with E-state index in [1.807, 2.05) is 48.2 Å². The number of aromatic nitrogens is 2. The molecule has 0 radical (unpaired) electrons. The summed E-state index contributed by atoms with van der Waals surface area (Å²) < 4.78 is 12.2. The van der Waals surface area contributed by atoms with Crippen LogP contribution in [0.5, 0.6) is 11.5 Å². The van der Waals surface area contributed by atoms with E-state index in [0.29, 0.717) is 49.8 Å². The Balaban J connectivity index is 1.39. The SMILES string of the molecule is COc1ccc(CCNC(=O)c2cc3n(n2)CCCN(Cc2cccc(C)c2)C3=O)cc1OC. The first-order valence-electron chi connectivity index (χ1n) is 11.4. The predicted molar refractivity (Wildman–Crippen MR) is 128 cm³/mol. The van der Waals surface area contributed by atoms with Crippen LogP contribution in [-0.2, 0) is 19.5 Å². The van der Waals surface area contributed by atoms with Gasteiger partial charge in [0, 0.05) is 32.2 Å². The molecule has 0 spiro atoms. The lowest BCUT2D eigenvalue weighted by atomic mass is 10.1. The number of benzene rings is 2. The maximum Gasteiger partial charge on any atom is 0.272 e. The summed E-state index contributed by atoms with van der Waals surface area (Å²) in [6.07, 6.45) is 1.41. The van der Waals surface area contributed by atoms with E-state index in [9.17, 15) is 9.59 Å². The Kier molecular flexibility index (Phi) is 7.15. The molecule has 1 aliphatic rings. The molecule has 4 rings (SSSR count). The molecule has 0 fully saturated rings. The van der Waals surface area contributed by atoms with Crippen LogP contribution in [0.2, 0.25) is 0 Å². The summed E-state index contributed by atoms with van der Waals surface area (Å²) >= 11 is 0. The average molecular weight is 463 g/mol. The minimum Gasteiger partial charge on any atom is -0.493 e. The molecule has 178 valence electrons. The molecule has 2 amide bonds. The molecule has 0 aliphatic carbocycles. The largest absolute Gasteiger partial charge is 0.493 e. The van der Waals surface area contributed by atoms with Crippen molar-refractivity contribution in [2.75, 3.05) is 27.3 Å². The van der Waals surface area contributed by atoms with E-state index in [1.165, 1.54) is 0 Å². The molecule has 0 saturated carbocycles. The van der Waals surface area contributed by atoms with E-state index in [4.69, 9.17) is 9.47 Å². The number of carbonyl (C=O) groups is 2. The van der Waals surface area contributed by atoms with Crippen LogP contribution in [0.4, 0.5) is 0 Å². The van der Waals surface area contributed by atoms with Gasteiger partial charge in [0.1, 0.15) is 5.69 Å². The van der Waals surface area contributed by atoms with Crippen molar-refractivity contribution in [2.24, 2.45) is 0 Å². The van der Waals surface area contributed by atoms with Gasteiger partial charge in [-0.05, 0) is 43.0 Å². The first kappa shape index (κ1) is 23.4. The molecule has 0 unspecified atom stereocenters. The number of fused-ring (bicyclic) bond motifs is 1. The maximum absolute atomic E-state index is 13.2. The van der Waals surface area contributed by atoms with E-state index in [0.717, 1.165) is 23.1 Å². The third-order valence-corrected chi connectivity index (χ3v) is 5.92. The van der Waals surface area contributed by atoms with Crippen LogP contribution in [0.25, 0.3) is 0 Å². The summed E-state index contributed by atoms with van der Waals surface area (Å²) in [6, 6.07) is 15.4. The number of nitrogens with zero attached hydrogens (tertiary/aromatic N) is 3. The molecule has 1 N–H and O–H groups in total. The third kappa shape index (κ3) is 5.22. The van der Waals surface area contributed by atoms with Crippen molar-refractivity contribution < 1.29 is 19.1 Å². The van der Waals surface area contributed by atoms with Crippen LogP contribution in [-0.4, -0.2) is 53.8 Å². The molecule has 0 saturated heterocycles. The fourth-order valence-electron chi connectivity index (χ4n) is 4.17. The van der Waals surface area contributed by atoms with E-state index in [2.05, 4.69) is 16.5 Å². The van der Waals surface area contributed by atoms with Crippen molar-refractivity contribution in [1.82, 2.24) is 20.0 Å². The topological polar surface area (TPSA) is 85.7 Å². The van der Waals surface area contributed by atoms with E-state index in [-0.39, 0.29) is 17.5 Å². The summed E-state index contributed by atoms with van der Waals surface area (Å²) in [5, 5.41) is 7.31. The Morgan fingerprint density at radius 1 is 1.03 bits per heavy atom. The highest BCUT2D eigenvalue weighted by Crippen LogP contribution is 2.27. The Morgan fingerprint density at radius 2 is 1.85 bits per heavy atom. The van der Waals surface area contributed by atoms with Gasteiger partial charge in [-0.1, -0.05) is 35.9 Å². The number of hydrogen-bond acceptors (Lipinski definition) is 5. The summed E-state index contributed by atoms with van der Waals surface area (Å²) in [4.78, 5) is 27.7. The molecule has 3 aromatic rings. The number of carbonyl (C=O) groups excluding carboxylic acids is 2. The molecular formula is C26H30N4O4. The number of rotatable bonds is 8. The second-order valence-corrected chi connectivity index (χ2v) is 8.40. The van der Waals surface area contributed by atoms with Gasteiger partial charge in [-0.2, -0.15) is 5.10 Å². The monoisotopic (exact) mass is 462 g/mol. The van der Waals surface area contributed by atoms with Crippen molar-refractivity contribution in [3.8, 4) is 11.5 Å². The smallest absolute Gasteiger partial charge is 0.272 e. The number of aryl methyl sites for hydroxylation is 2. The molecule has 0 atom stereocenters. The van der Waals surface area contributed by atoms with Crippen LogP contribution in [0, 0.1) is 6.92 Å². The van der Waals surface area contributed by atoms with Gasteiger partial charge in [-0.3, -0.25) is 14.3 Å². The lowest BCUT2D eigenvalue weighted by Crippen LogP contribution is -2.30. The van der Waals surface area contributed by atoms with Crippen LogP contribution < -0.4 is 14.8 Å². The average Bonchev–Trinajstić information content (AvgIpc) is 3.21. The second kappa shape index (κ2) is 10.4. The summed E-state index contributed by atoms with van der Waals surface area (Å²) in [5.74, 6) is 0.920. The molecule has 1 aliphatic heterocycles. The zero-order chi connectivity index (χ0) is 24.1. The minimum absolute atomic E-state index is 0.101. The summed E-state index contributed by atoms with van der Waals surface area (Å²) in [7, 11) is 3.19. The first-order valence-corrected chi connectivity index (χ1v) is 11.4. The van der Waals surface area contributed by atoms with Gasteiger partial charge in [0.15, 0.2) is 17.2 Å². The second-order valence-electron chi connectivity index (χ2n) is 8.40. The van der Waals surface area contributed by atoms with Crippen molar-refractivity contribution in [1.29, 1.82) is 0 Å². The first-order chi connectivity index (χ1) is 16.5. The zero-order valence-electron chi connectivity index (χ0n) is 19.8. The summed E-state index contributed by atoms with van der Waals surface area (Å²) in [5.41, 5.74) is 3.98. The Morgan fingerprint density at radius 3 is 2.62 bits per heavy atom. The van der Waals surface area contributed by atoms with Crippen LogP contribution in [0.15, 0.2) is 48.5 Å². The predicted octanol–water partition coefficient (Wildman–Crippen LogP) is 3.23. The van der Waals surface area contributed by atoms with Gasteiger partial charge in [-0.25, -0.2) is 0 Å². The van der Waals surface area contributed by atoms with Gasteiger partial charge in [0.05, 0.1) is 14.2 Å². The fourth-order valence-corrected chi connectivity index (χ4v) is 4.17. The third-order valence-electron chi connectivity index (χ3n) is 5.92. The molecule has 2 heterocycles. The van der Waals surface area contributed by atoms with Gasteiger partial charge >= 0.3 is 0 Å². The van der Waals surface area contributed by atoms with Crippen LogP contribution >= 0.6 is 0 Å². The highest BCUT2D eigenvalue weighted by Gasteiger charge is 2.26. The van der Waals surface area contributed by atoms with Gasteiger partial charge in [0.25, 0.3) is 11.8 Å². The molecule has 1 aromatic heterocycles. The lowest BCUT2D eigenvalue weighted by molar-refractivity contribution is 0.0745. The van der Waals surface area contributed by atoms with Crippen LogP contribution in [0.1, 0.15) is 44.1 Å². The van der Waals surface area contributed by atoms with E-state index < -0.39 is 0 Å². The number of methoxy groups -OCH3 is 2. The van der Waals surface area contributed by atoms with Crippen molar-refractivity contribution >= 4 is 11.8 Å². The van der Waals surface area contributed by atoms with Crippen molar-refractivity contribution in [3.63, 3.8) is 0 Å². The highest BCUT2D eigenvalue weighted by molar-refractivity contribution is 5.98. The quantitative estimate of drug-likeness (QED) is 0.556. The van der Waals surface area contributed by atoms with Gasteiger partial charge < -0.3 is 19.7 Å². The normalized spacial score (nSPS) is 13.3. The lowest BCUT2D eigenvalue weighted by Gasteiger charge is -2.20. The zero-order valence-corrected chi connectivity index (χ0v) is 19.8. The van der Waals surface area contributed by atoms with E-state index >= 15 is 0 Å². The molecular weight excluding hydrogens is 432 g/mol. The van der Waals surface area contributed by atoms with Crippen molar-refractivity contribution in [2.45, 2.75) is 32.9 Å². The molecule has 2 aromatic carbocycles. The molecule has 0 bridgehead atoms. The highest BCUT2D eigenvalue weighted by atomic mass is 16.5. The maximum atomic E-state index is 13.2. The Bertz CT molecular complexity index is 1190. The summed E-state index contributed by atoms with van der Waals surface area (Å²) in [6.45, 7) is 4.27. The Labute approximate surface area is 199 Å². The van der Waals surface area contributed by atoms with Gasteiger partial charge in [0.2, 0.25) is 0 Å².